The van der Waals surface area contributed by atoms with E-state index in [0.29, 0.717) is 0 Å². The third kappa shape index (κ3) is 1.14. The maximum Gasteiger partial charge on any atom is 0.167 e. The Bertz CT molecular complexity index is 408. The van der Waals surface area contributed by atoms with Gasteiger partial charge in [-0.25, -0.2) is 0 Å². The Morgan fingerprint density at radius 1 is 1.50 bits per heavy atom. The smallest absolute Gasteiger partial charge is 0.167 e. The van der Waals surface area contributed by atoms with Crippen LogP contribution in [0.25, 0.3) is 11.0 Å². The third-order valence-corrected chi connectivity index (χ3v) is 2.36. The van der Waals surface area contributed by atoms with E-state index in [0.717, 1.165) is 22.0 Å². The van der Waals surface area contributed by atoms with Crippen molar-refractivity contribution in [3.63, 3.8) is 0 Å². The van der Waals surface area contributed by atoms with Gasteiger partial charge in [-0.2, -0.15) is 0 Å². The van der Waals surface area contributed by atoms with Gasteiger partial charge in [-0.15, -0.1) is 0 Å². The maximum absolute atomic E-state index is 5.11. The molecular formula is C9H8BrNO. The van der Waals surface area contributed by atoms with Gasteiger partial charge in [0, 0.05) is 10.7 Å². The molecule has 0 saturated heterocycles. The molecule has 0 unspecified atom stereocenters. The first-order valence-corrected chi connectivity index (χ1v) is 4.84. The van der Waals surface area contributed by atoms with Crippen LogP contribution in [-0.4, -0.2) is 5.16 Å². The van der Waals surface area contributed by atoms with Crippen LogP contribution in [0.5, 0.6) is 0 Å². The van der Waals surface area contributed by atoms with E-state index >= 15 is 0 Å². The molecule has 2 rings (SSSR count). The van der Waals surface area contributed by atoms with Crippen LogP contribution < -0.4 is 0 Å². The topological polar surface area (TPSA) is 26.0 Å². The van der Waals surface area contributed by atoms with Gasteiger partial charge < -0.3 is 4.52 Å². The number of aromatic nitrogens is 1. The van der Waals surface area contributed by atoms with Gasteiger partial charge in [0.05, 0.1) is 0 Å². The van der Waals surface area contributed by atoms with Crippen molar-refractivity contribution in [3.05, 3.63) is 29.5 Å². The molecule has 0 bridgehead atoms. The SMILES string of the molecule is Cc1ccc2onc(CBr)c2c1. The standard InChI is InChI=1S/C9H8BrNO/c1-6-2-3-9-7(4-6)8(5-10)11-12-9/h2-4H,5H2,1H3. The van der Waals surface area contributed by atoms with Crippen molar-refractivity contribution >= 4 is 26.9 Å². The van der Waals surface area contributed by atoms with Crippen LogP contribution in [0.2, 0.25) is 0 Å². The molecule has 2 aromatic rings. The van der Waals surface area contributed by atoms with Crippen LogP contribution in [0.4, 0.5) is 0 Å². The lowest BCUT2D eigenvalue weighted by molar-refractivity contribution is 0.450. The van der Waals surface area contributed by atoms with Gasteiger partial charge in [0.15, 0.2) is 5.58 Å². The van der Waals surface area contributed by atoms with Crippen LogP contribution >= 0.6 is 15.9 Å². The zero-order valence-corrected chi connectivity index (χ0v) is 8.26. The number of aryl methyl sites for hydroxylation is 1. The van der Waals surface area contributed by atoms with Gasteiger partial charge in [-0.05, 0) is 19.1 Å². The maximum atomic E-state index is 5.11. The van der Waals surface area contributed by atoms with Crippen LogP contribution in [0.3, 0.4) is 0 Å². The van der Waals surface area contributed by atoms with Crippen LogP contribution in [0.15, 0.2) is 22.7 Å². The van der Waals surface area contributed by atoms with Gasteiger partial charge >= 0.3 is 0 Å². The van der Waals surface area contributed by atoms with E-state index in [2.05, 4.69) is 34.1 Å². The summed E-state index contributed by atoms with van der Waals surface area (Å²) < 4.78 is 5.11. The van der Waals surface area contributed by atoms with Crippen molar-refractivity contribution < 1.29 is 4.52 Å². The van der Waals surface area contributed by atoms with E-state index in [1.54, 1.807) is 0 Å². The summed E-state index contributed by atoms with van der Waals surface area (Å²) in [6.07, 6.45) is 0. The average Bonchev–Trinajstić information content (AvgIpc) is 2.46. The van der Waals surface area contributed by atoms with Gasteiger partial charge in [0.1, 0.15) is 5.69 Å². The highest BCUT2D eigenvalue weighted by molar-refractivity contribution is 9.08. The molecule has 0 spiro atoms. The number of fused-ring (bicyclic) bond motifs is 1. The number of benzene rings is 1. The number of halogens is 1. The van der Waals surface area contributed by atoms with E-state index < -0.39 is 0 Å². The Hall–Kier alpha value is -0.830. The number of alkyl halides is 1. The summed E-state index contributed by atoms with van der Waals surface area (Å²) in [4.78, 5) is 0. The molecule has 0 aliphatic rings. The zero-order chi connectivity index (χ0) is 8.55. The molecule has 0 fully saturated rings. The fraction of sp³-hybridized carbons (Fsp3) is 0.222. The zero-order valence-electron chi connectivity index (χ0n) is 6.67. The summed E-state index contributed by atoms with van der Waals surface area (Å²) in [5.41, 5.74) is 3.05. The second kappa shape index (κ2) is 2.90. The first-order valence-electron chi connectivity index (χ1n) is 3.72. The monoisotopic (exact) mass is 225 g/mol. The van der Waals surface area contributed by atoms with Crippen LogP contribution in [0, 0.1) is 6.92 Å². The molecule has 3 heteroatoms. The van der Waals surface area contributed by atoms with Crippen LogP contribution in [-0.2, 0) is 5.33 Å². The summed E-state index contributed by atoms with van der Waals surface area (Å²) in [5, 5.41) is 5.78. The molecule has 1 aromatic heterocycles. The first kappa shape index (κ1) is 7.80. The van der Waals surface area contributed by atoms with E-state index in [-0.39, 0.29) is 0 Å². The summed E-state index contributed by atoms with van der Waals surface area (Å²) >= 11 is 3.36. The lowest BCUT2D eigenvalue weighted by atomic mass is 10.1. The summed E-state index contributed by atoms with van der Waals surface area (Å²) in [7, 11) is 0. The Balaban J connectivity index is 2.75. The number of nitrogens with zero attached hydrogens (tertiary/aromatic N) is 1. The predicted molar refractivity (Wildman–Crippen MR) is 51.4 cm³/mol. The lowest BCUT2D eigenvalue weighted by Crippen LogP contribution is -1.76. The minimum absolute atomic E-state index is 0.740. The Labute approximate surface area is 78.7 Å². The third-order valence-electron chi connectivity index (χ3n) is 1.83. The molecule has 0 amide bonds. The van der Waals surface area contributed by atoms with Crippen molar-refractivity contribution in [2.45, 2.75) is 12.3 Å². The summed E-state index contributed by atoms with van der Waals surface area (Å²) in [6, 6.07) is 6.05. The highest BCUT2D eigenvalue weighted by Gasteiger charge is 2.05. The molecule has 1 aromatic carbocycles. The fourth-order valence-electron chi connectivity index (χ4n) is 1.20. The molecule has 62 valence electrons. The molecule has 0 aliphatic carbocycles. The molecule has 12 heavy (non-hydrogen) atoms. The van der Waals surface area contributed by atoms with E-state index in [9.17, 15) is 0 Å². The average molecular weight is 226 g/mol. The Kier molecular flexibility index (Phi) is 1.89. The Morgan fingerprint density at radius 2 is 2.33 bits per heavy atom. The largest absolute Gasteiger partial charge is 0.356 e. The summed E-state index contributed by atoms with van der Waals surface area (Å²) in [5.74, 6) is 0. The van der Waals surface area contributed by atoms with Crippen LogP contribution in [0.1, 0.15) is 11.3 Å². The molecule has 0 atom stereocenters. The van der Waals surface area contributed by atoms with Crippen molar-refractivity contribution in [2.75, 3.05) is 0 Å². The van der Waals surface area contributed by atoms with E-state index in [4.69, 9.17) is 4.52 Å². The molecular weight excluding hydrogens is 218 g/mol. The van der Waals surface area contributed by atoms with Crippen molar-refractivity contribution in [2.24, 2.45) is 0 Å². The molecule has 2 nitrogen and oxygen atoms in total. The van der Waals surface area contributed by atoms with E-state index in [1.165, 1.54) is 5.56 Å². The van der Waals surface area contributed by atoms with Crippen molar-refractivity contribution in [1.29, 1.82) is 0 Å². The number of rotatable bonds is 1. The van der Waals surface area contributed by atoms with Gasteiger partial charge in [-0.3, -0.25) is 0 Å². The number of hydrogen-bond acceptors (Lipinski definition) is 2. The second-order valence-corrected chi connectivity index (χ2v) is 3.32. The summed E-state index contributed by atoms with van der Waals surface area (Å²) in [6.45, 7) is 2.06. The second-order valence-electron chi connectivity index (χ2n) is 2.76. The molecule has 1 heterocycles. The van der Waals surface area contributed by atoms with Gasteiger partial charge in [0.25, 0.3) is 0 Å². The molecule has 0 saturated carbocycles. The van der Waals surface area contributed by atoms with Gasteiger partial charge in [0.2, 0.25) is 0 Å². The highest BCUT2D eigenvalue weighted by Crippen LogP contribution is 2.21. The minimum Gasteiger partial charge on any atom is -0.356 e. The first-order chi connectivity index (χ1) is 5.81. The minimum atomic E-state index is 0.740. The van der Waals surface area contributed by atoms with Crippen molar-refractivity contribution in [1.82, 2.24) is 5.16 Å². The molecule has 0 N–H and O–H groups in total. The fourth-order valence-corrected chi connectivity index (χ4v) is 1.60. The number of hydrogen-bond donors (Lipinski definition) is 0. The predicted octanol–water partition coefficient (Wildman–Crippen LogP) is 3.03. The molecule has 0 radical (unpaired) electrons. The Morgan fingerprint density at radius 3 is 3.08 bits per heavy atom. The highest BCUT2D eigenvalue weighted by atomic mass is 79.9. The quantitative estimate of drug-likeness (QED) is 0.698. The van der Waals surface area contributed by atoms with Crippen molar-refractivity contribution in [3.8, 4) is 0 Å². The van der Waals surface area contributed by atoms with Gasteiger partial charge in [-0.1, -0.05) is 32.7 Å². The van der Waals surface area contributed by atoms with E-state index in [1.807, 2.05) is 12.1 Å². The lowest BCUT2D eigenvalue weighted by Gasteiger charge is -1.90. The normalized spacial score (nSPS) is 10.8. The molecule has 0 aliphatic heterocycles.